The van der Waals surface area contributed by atoms with Crippen molar-refractivity contribution in [1.29, 1.82) is 0 Å². The Kier molecular flexibility index (Phi) is 13.7. The number of ketones is 3. The molecule has 13 nitrogen and oxygen atoms in total. The number of nitrogens with one attached hydrogen (secondary N) is 2. The lowest BCUT2D eigenvalue weighted by Gasteiger charge is -2.18. The number of hydrogen-bond acceptors (Lipinski definition) is 9. The molecular formula is C34H43N5O8S. The van der Waals surface area contributed by atoms with E-state index in [1.54, 1.807) is 32.2 Å². The van der Waals surface area contributed by atoms with E-state index in [2.05, 4.69) is 29.5 Å². The van der Waals surface area contributed by atoms with Crippen LogP contribution >= 0.6 is 0 Å². The van der Waals surface area contributed by atoms with Crippen molar-refractivity contribution in [2.45, 2.75) is 83.2 Å². The zero-order valence-corrected chi connectivity index (χ0v) is 28.5. The van der Waals surface area contributed by atoms with E-state index in [0.717, 1.165) is 24.8 Å². The zero-order valence-electron chi connectivity index (χ0n) is 27.7. The topological polar surface area (TPSA) is 183 Å². The number of hydrogen-bond donors (Lipinski definition) is 2. The minimum absolute atomic E-state index is 0.0182. The predicted octanol–water partition coefficient (Wildman–Crippen LogP) is 2.48. The van der Waals surface area contributed by atoms with Crippen LogP contribution in [0.15, 0.2) is 64.8 Å². The van der Waals surface area contributed by atoms with E-state index in [9.17, 15) is 37.2 Å². The summed E-state index contributed by atoms with van der Waals surface area (Å²) in [6.45, 7) is 5.80. The monoisotopic (exact) mass is 681 g/mol. The van der Waals surface area contributed by atoms with E-state index in [4.69, 9.17) is 0 Å². The number of amides is 2. The van der Waals surface area contributed by atoms with Crippen molar-refractivity contribution in [3.8, 4) is 0 Å². The van der Waals surface area contributed by atoms with E-state index in [-0.39, 0.29) is 34.9 Å². The standard InChI is InChI=1S/C34H43N5O8S/c1-5-24(6-2)11-12-26(40)20-39-17-7-8-25(34(39)45)18-31(42)28(37-32(43)29-19-35-21-38(29)4)15-16-30(41)33(44)36-22-48(46,47)27-13-9-23(3)10-14-27/h7-10,13-14,17,19,21,24,28H,5-6,11-12,15-16,18,20,22H2,1-4H3,(H,36,44)(H,37,43)/t28-/m0/s1. The van der Waals surface area contributed by atoms with Gasteiger partial charge in [0.1, 0.15) is 11.6 Å². The number of Topliss-reactive ketones (excluding diaryl/α,β-unsaturated/α-hetero) is 3. The molecule has 0 fully saturated rings. The maximum absolute atomic E-state index is 13.5. The highest BCUT2D eigenvalue weighted by Gasteiger charge is 2.27. The highest BCUT2D eigenvalue weighted by molar-refractivity contribution is 7.91. The van der Waals surface area contributed by atoms with Gasteiger partial charge >= 0.3 is 0 Å². The summed E-state index contributed by atoms with van der Waals surface area (Å²) < 4.78 is 27.8. The quantitative estimate of drug-likeness (QED) is 0.180. The molecule has 0 saturated carbocycles. The van der Waals surface area contributed by atoms with Crippen LogP contribution in [-0.4, -0.2) is 63.6 Å². The number of nitrogens with zero attached hydrogens (tertiary/aromatic N) is 3. The predicted molar refractivity (Wildman–Crippen MR) is 178 cm³/mol. The molecule has 0 saturated heterocycles. The third-order valence-electron chi connectivity index (χ3n) is 8.26. The van der Waals surface area contributed by atoms with Gasteiger partial charge in [0, 0.05) is 38.1 Å². The molecule has 0 aliphatic heterocycles. The number of aromatic nitrogens is 3. The lowest BCUT2D eigenvalue weighted by atomic mass is 9.96. The molecule has 2 aromatic heterocycles. The van der Waals surface area contributed by atoms with Crippen LogP contribution in [0.2, 0.25) is 0 Å². The molecule has 48 heavy (non-hydrogen) atoms. The summed E-state index contributed by atoms with van der Waals surface area (Å²) in [6, 6.07) is 7.74. The Morgan fingerprint density at radius 3 is 2.27 bits per heavy atom. The van der Waals surface area contributed by atoms with Gasteiger partial charge < -0.3 is 19.8 Å². The lowest BCUT2D eigenvalue weighted by molar-refractivity contribution is -0.137. The van der Waals surface area contributed by atoms with Crippen molar-refractivity contribution < 1.29 is 32.4 Å². The second-order valence-corrected chi connectivity index (χ2v) is 13.8. The average molecular weight is 682 g/mol. The first-order chi connectivity index (χ1) is 22.7. The first-order valence-corrected chi connectivity index (χ1v) is 17.5. The number of carbonyl (C=O) groups is 5. The highest BCUT2D eigenvalue weighted by Crippen LogP contribution is 2.15. The molecule has 1 atom stereocenters. The summed E-state index contributed by atoms with van der Waals surface area (Å²) in [7, 11) is -2.33. The molecule has 0 unspecified atom stereocenters. The summed E-state index contributed by atoms with van der Waals surface area (Å²) in [4.78, 5) is 81.4. The number of rotatable bonds is 19. The van der Waals surface area contributed by atoms with Crippen molar-refractivity contribution in [3.63, 3.8) is 0 Å². The maximum Gasteiger partial charge on any atom is 0.288 e. The minimum Gasteiger partial charge on any atom is -0.341 e. The number of imidazole rings is 1. The lowest BCUT2D eigenvalue weighted by Crippen LogP contribution is -2.44. The third-order valence-corrected chi connectivity index (χ3v) is 9.77. The number of carbonyl (C=O) groups excluding carboxylic acids is 5. The van der Waals surface area contributed by atoms with E-state index in [1.165, 1.54) is 46.1 Å². The summed E-state index contributed by atoms with van der Waals surface area (Å²) in [5, 5.41) is 4.69. The second kappa shape index (κ2) is 17.4. The summed E-state index contributed by atoms with van der Waals surface area (Å²) in [5.41, 5.74) is 0.556. The fourth-order valence-corrected chi connectivity index (χ4v) is 6.12. The fourth-order valence-electron chi connectivity index (χ4n) is 5.09. The normalized spacial score (nSPS) is 12.0. The number of aryl methyl sites for hydroxylation is 2. The van der Waals surface area contributed by atoms with E-state index >= 15 is 0 Å². The van der Waals surface area contributed by atoms with Crippen molar-refractivity contribution in [2.75, 3.05) is 5.88 Å². The Bertz CT molecular complexity index is 1790. The van der Waals surface area contributed by atoms with Crippen LogP contribution in [0.3, 0.4) is 0 Å². The Balaban J connectivity index is 1.70. The summed E-state index contributed by atoms with van der Waals surface area (Å²) in [5.74, 6) is -3.89. The molecule has 2 amide bonds. The van der Waals surface area contributed by atoms with Crippen molar-refractivity contribution in [1.82, 2.24) is 24.8 Å². The maximum atomic E-state index is 13.5. The van der Waals surface area contributed by atoms with Crippen LogP contribution in [-0.2, 0) is 49.0 Å². The van der Waals surface area contributed by atoms with Gasteiger partial charge in [-0.1, -0.05) is 50.5 Å². The van der Waals surface area contributed by atoms with Gasteiger partial charge in [0.2, 0.25) is 5.78 Å². The number of benzene rings is 1. The van der Waals surface area contributed by atoms with Crippen LogP contribution in [0.4, 0.5) is 0 Å². The fraction of sp³-hybridized carbons (Fsp3) is 0.441. The molecule has 0 spiro atoms. The molecule has 258 valence electrons. The van der Waals surface area contributed by atoms with Gasteiger partial charge in [-0.05, 0) is 43.9 Å². The number of sulfone groups is 1. The van der Waals surface area contributed by atoms with Crippen LogP contribution in [0.25, 0.3) is 0 Å². The van der Waals surface area contributed by atoms with Crippen molar-refractivity contribution >= 4 is 39.0 Å². The van der Waals surface area contributed by atoms with E-state index < -0.39 is 63.5 Å². The van der Waals surface area contributed by atoms with Gasteiger partial charge in [0.05, 0.1) is 30.0 Å². The van der Waals surface area contributed by atoms with Crippen LogP contribution in [0.5, 0.6) is 0 Å². The van der Waals surface area contributed by atoms with Gasteiger partial charge in [-0.3, -0.25) is 28.8 Å². The second-order valence-electron chi connectivity index (χ2n) is 11.8. The van der Waals surface area contributed by atoms with E-state index in [1.807, 2.05) is 0 Å². The third kappa shape index (κ3) is 10.7. The Morgan fingerprint density at radius 2 is 1.65 bits per heavy atom. The van der Waals surface area contributed by atoms with Crippen LogP contribution < -0.4 is 16.2 Å². The molecule has 1 aromatic carbocycles. The zero-order chi connectivity index (χ0) is 35.4. The van der Waals surface area contributed by atoms with Gasteiger partial charge in [0.25, 0.3) is 17.4 Å². The highest BCUT2D eigenvalue weighted by atomic mass is 32.2. The molecule has 0 radical (unpaired) electrons. The first kappa shape index (κ1) is 37.7. The molecule has 2 N–H and O–H groups in total. The average Bonchev–Trinajstić information content (AvgIpc) is 3.50. The first-order valence-electron chi connectivity index (χ1n) is 15.9. The SMILES string of the molecule is CCC(CC)CCC(=O)Cn1cccc(CC(=O)[C@H](CCC(=O)C(=O)NCS(=O)(=O)c2ccc(C)cc2)NC(=O)c2cncn2C)c1=O. The molecule has 0 bridgehead atoms. The summed E-state index contributed by atoms with van der Waals surface area (Å²) in [6.07, 6.45) is 5.95. The Labute approximate surface area is 280 Å². The van der Waals surface area contributed by atoms with Gasteiger partial charge in [-0.2, -0.15) is 0 Å². The molecule has 2 heterocycles. The van der Waals surface area contributed by atoms with Gasteiger partial charge in [-0.25, -0.2) is 13.4 Å². The largest absolute Gasteiger partial charge is 0.341 e. The molecule has 3 aromatic rings. The van der Waals surface area contributed by atoms with Gasteiger partial charge in [0.15, 0.2) is 21.4 Å². The van der Waals surface area contributed by atoms with Crippen LogP contribution in [0, 0.1) is 12.8 Å². The molecule has 3 rings (SSSR count). The summed E-state index contributed by atoms with van der Waals surface area (Å²) >= 11 is 0. The molecule has 0 aliphatic rings. The molecular weight excluding hydrogens is 638 g/mol. The van der Waals surface area contributed by atoms with Crippen molar-refractivity contribution in [3.05, 3.63) is 82.3 Å². The molecule has 0 aliphatic carbocycles. The van der Waals surface area contributed by atoms with Gasteiger partial charge in [-0.15, -0.1) is 0 Å². The van der Waals surface area contributed by atoms with E-state index in [0.29, 0.717) is 12.3 Å². The Hall–Kier alpha value is -4.72. The van der Waals surface area contributed by atoms with Crippen molar-refractivity contribution in [2.24, 2.45) is 13.0 Å². The minimum atomic E-state index is -3.91. The molecule has 14 heteroatoms. The van der Waals surface area contributed by atoms with Crippen LogP contribution in [0.1, 0.15) is 74.0 Å². The smallest absolute Gasteiger partial charge is 0.288 e. The Morgan fingerprint density at radius 1 is 0.958 bits per heavy atom. The number of pyridine rings is 1.